The van der Waals surface area contributed by atoms with Crippen LogP contribution in [-0.4, -0.2) is 12.0 Å². The van der Waals surface area contributed by atoms with E-state index < -0.39 is 17.8 Å². The lowest BCUT2D eigenvalue weighted by atomic mass is 10.2. The largest absolute Gasteiger partial charge is 0.481 e. The van der Waals surface area contributed by atoms with Crippen molar-refractivity contribution in [3.05, 3.63) is 59.9 Å². The van der Waals surface area contributed by atoms with Gasteiger partial charge in [0.2, 0.25) is 0 Å². The summed E-state index contributed by atoms with van der Waals surface area (Å²) in [4.78, 5) is 12.0. The minimum Gasteiger partial charge on any atom is -0.481 e. The molecule has 1 atom stereocenters. The molecule has 0 fully saturated rings. The second-order valence-electron chi connectivity index (χ2n) is 4.49. The maximum Gasteiger partial charge on any atom is 0.265 e. The van der Waals surface area contributed by atoms with Crippen molar-refractivity contribution in [1.29, 1.82) is 0 Å². The van der Waals surface area contributed by atoms with Crippen LogP contribution in [0.4, 0.5) is 10.1 Å². The molecule has 0 aliphatic heterocycles. The van der Waals surface area contributed by atoms with Gasteiger partial charge in [-0.15, -0.1) is 0 Å². The second kappa shape index (κ2) is 6.19. The van der Waals surface area contributed by atoms with Gasteiger partial charge < -0.3 is 10.1 Å². The van der Waals surface area contributed by atoms with Crippen molar-refractivity contribution in [2.24, 2.45) is 0 Å². The summed E-state index contributed by atoms with van der Waals surface area (Å²) in [5, 5.41) is 2.51. The quantitative estimate of drug-likeness (QED) is 0.925. The molecule has 0 saturated carbocycles. The number of carbonyl (C=O) groups excluding carboxylic acids is 1. The topological polar surface area (TPSA) is 38.3 Å². The van der Waals surface area contributed by atoms with Gasteiger partial charge in [-0.2, -0.15) is 0 Å². The molecule has 2 rings (SSSR count). The molecule has 20 heavy (non-hydrogen) atoms. The SMILES string of the molecule is Cc1ccccc1OC(C)C(=O)Nc1ccccc1F. The fraction of sp³-hybridized carbons (Fsp3) is 0.188. The van der Waals surface area contributed by atoms with Gasteiger partial charge in [-0.3, -0.25) is 4.79 Å². The van der Waals surface area contributed by atoms with Gasteiger partial charge in [0.25, 0.3) is 5.91 Å². The van der Waals surface area contributed by atoms with Gasteiger partial charge in [-0.1, -0.05) is 30.3 Å². The molecule has 1 amide bonds. The normalized spacial score (nSPS) is 11.8. The Morgan fingerprint density at radius 2 is 1.80 bits per heavy atom. The summed E-state index contributed by atoms with van der Waals surface area (Å²) in [5.74, 6) is -0.217. The molecule has 0 spiro atoms. The summed E-state index contributed by atoms with van der Waals surface area (Å²) in [6, 6.07) is 13.5. The molecule has 0 aliphatic carbocycles. The first kappa shape index (κ1) is 14.1. The first-order valence-electron chi connectivity index (χ1n) is 6.35. The molecule has 2 aromatic carbocycles. The first-order chi connectivity index (χ1) is 9.58. The fourth-order valence-corrected chi connectivity index (χ4v) is 1.73. The van der Waals surface area contributed by atoms with Crippen LogP contribution in [0.3, 0.4) is 0 Å². The number of anilines is 1. The van der Waals surface area contributed by atoms with Crippen LogP contribution in [0.1, 0.15) is 12.5 Å². The maximum absolute atomic E-state index is 13.4. The van der Waals surface area contributed by atoms with Crippen molar-refractivity contribution in [2.45, 2.75) is 20.0 Å². The third kappa shape index (κ3) is 3.35. The van der Waals surface area contributed by atoms with E-state index in [9.17, 15) is 9.18 Å². The standard InChI is InChI=1S/C16H16FNO2/c1-11-7-3-6-10-15(11)20-12(2)16(19)18-14-9-5-4-8-13(14)17/h3-10,12H,1-2H3,(H,18,19). The number of aryl methyl sites for hydroxylation is 1. The molecule has 0 aromatic heterocycles. The van der Waals surface area contributed by atoms with Crippen LogP contribution >= 0.6 is 0 Å². The minimum atomic E-state index is -0.712. The molecule has 0 bridgehead atoms. The van der Waals surface area contributed by atoms with Crippen LogP contribution in [0.25, 0.3) is 0 Å². The van der Waals surface area contributed by atoms with Gasteiger partial charge in [-0.05, 0) is 37.6 Å². The number of nitrogens with one attached hydrogen (secondary N) is 1. The van der Waals surface area contributed by atoms with Crippen LogP contribution in [-0.2, 0) is 4.79 Å². The Morgan fingerprint density at radius 1 is 1.15 bits per heavy atom. The molecular formula is C16H16FNO2. The highest BCUT2D eigenvalue weighted by Crippen LogP contribution is 2.19. The van der Waals surface area contributed by atoms with Gasteiger partial charge in [0.15, 0.2) is 6.10 Å². The fourth-order valence-electron chi connectivity index (χ4n) is 1.73. The Morgan fingerprint density at radius 3 is 2.50 bits per heavy atom. The molecule has 4 heteroatoms. The summed E-state index contributed by atoms with van der Waals surface area (Å²) in [6.07, 6.45) is -0.712. The van der Waals surface area contributed by atoms with E-state index in [1.165, 1.54) is 12.1 Å². The van der Waals surface area contributed by atoms with Crippen LogP contribution in [0, 0.1) is 12.7 Å². The lowest BCUT2D eigenvalue weighted by Gasteiger charge is -2.16. The highest BCUT2D eigenvalue weighted by atomic mass is 19.1. The monoisotopic (exact) mass is 273 g/mol. The summed E-state index contributed by atoms with van der Waals surface area (Å²) in [6.45, 7) is 3.53. The van der Waals surface area contributed by atoms with Crippen molar-refractivity contribution in [3.8, 4) is 5.75 Å². The third-order valence-electron chi connectivity index (χ3n) is 2.90. The summed E-state index contributed by atoms with van der Waals surface area (Å²) < 4.78 is 19.0. The molecule has 0 radical (unpaired) electrons. The van der Waals surface area contributed by atoms with Crippen LogP contribution in [0.2, 0.25) is 0 Å². The maximum atomic E-state index is 13.4. The Kier molecular flexibility index (Phi) is 4.35. The van der Waals surface area contributed by atoms with E-state index in [1.54, 1.807) is 25.1 Å². The smallest absolute Gasteiger partial charge is 0.265 e. The molecular weight excluding hydrogens is 257 g/mol. The average Bonchev–Trinajstić information content (AvgIpc) is 2.43. The van der Waals surface area contributed by atoms with E-state index in [1.807, 2.05) is 25.1 Å². The lowest BCUT2D eigenvalue weighted by molar-refractivity contribution is -0.122. The van der Waals surface area contributed by atoms with Gasteiger partial charge in [0.05, 0.1) is 5.69 Å². The number of halogens is 1. The predicted molar refractivity (Wildman–Crippen MR) is 76.3 cm³/mol. The number of para-hydroxylation sites is 2. The third-order valence-corrected chi connectivity index (χ3v) is 2.90. The molecule has 0 saturated heterocycles. The Bertz CT molecular complexity index is 613. The second-order valence-corrected chi connectivity index (χ2v) is 4.49. The van der Waals surface area contributed by atoms with Crippen LogP contribution in [0.5, 0.6) is 5.75 Å². The van der Waals surface area contributed by atoms with Crippen molar-refractivity contribution >= 4 is 11.6 Å². The zero-order valence-corrected chi connectivity index (χ0v) is 11.4. The molecule has 3 nitrogen and oxygen atoms in total. The Balaban J connectivity index is 2.03. The predicted octanol–water partition coefficient (Wildman–Crippen LogP) is 3.54. The Hall–Kier alpha value is -2.36. The number of carbonyl (C=O) groups is 1. The van der Waals surface area contributed by atoms with Gasteiger partial charge in [-0.25, -0.2) is 4.39 Å². The molecule has 1 N–H and O–H groups in total. The highest BCUT2D eigenvalue weighted by Gasteiger charge is 2.16. The van der Waals surface area contributed by atoms with Crippen LogP contribution in [0.15, 0.2) is 48.5 Å². The van der Waals surface area contributed by atoms with Crippen molar-refractivity contribution in [1.82, 2.24) is 0 Å². The zero-order chi connectivity index (χ0) is 14.5. The van der Waals surface area contributed by atoms with Crippen molar-refractivity contribution in [2.75, 3.05) is 5.32 Å². The average molecular weight is 273 g/mol. The number of ether oxygens (including phenoxy) is 1. The summed E-state index contributed by atoms with van der Waals surface area (Å²) in [7, 11) is 0. The van der Waals surface area contributed by atoms with Crippen molar-refractivity contribution < 1.29 is 13.9 Å². The van der Waals surface area contributed by atoms with E-state index >= 15 is 0 Å². The number of benzene rings is 2. The van der Waals surface area contributed by atoms with Gasteiger partial charge in [0, 0.05) is 0 Å². The molecule has 2 aromatic rings. The van der Waals surface area contributed by atoms with E-state index in [0.29, 0.717) is 5.75 Å². The lowest BCUT2D eigenvalue weighted by Crippen LogP contribution is -2.30. The number of hydrogen-bond donors (Lipinski definition) is 1. The first-order valence-corrected chi connectivity index (χ1v) is 6.35. The Labute approximate surface area is 117 Å². The van der Waals surface area contributed by atoms with E-state index in [2.05, 4.69) is 5.32 Å². The van der Waals surface area contributed by atoms with E-state index in [0.717, 1.165) is 5.56 Å². The number of rotatable bonds is 4. The van der Waals surface area contributed by atoms with Crippen LogP contribution < -0.4 is 10.1 Å². The van der Waals surface area contributed by atoms with E-state index in [4.69, 9.17) is 4.74 Å². The minimum absolute atomic E-state index is 0.151. The van der Waals surface area contributed by atoms with Gasteiger partial charge in [0.1, 0.15) is 11.6 Å². The summed E-state index contributed by atoms with van der Waals surface area (Å²) >= 11 is 0. The molecule has 0 aliphatic rings. The molecule has 1 unspecified atom stereocenters. The number of amides is 1. The number of hydrogen-bond acceptors (Lipinski definition) is 2. The summed E-state index contributed by atoms with van der Waals surface area (Å²) in [5.41, 5.74) is 1.09. The zero-order valence-electron chi connectivity index (χ0n) is 11.4. The van der Waals surface area contributed by atoms with Crippen molar-refractivity contribution in [3.63, 3.8) is 0 Å². The molecule has 104 valence electrons. The highest BCUT2D eigenvalue weighted by molar-refractivity contribution is 5.94. The van der Waals surface area contributed by atoms with E-state index in [-0.39, 0.29) is 5.69 Å². The molecule has 0 heterocycles. The van der Waals surface area contributed by atoms with Gasteiger partial charge >= 0.3 is 0 Å².